The molecule has 0 aliphatic carbocycles. The van der Waals surface area contributed by atoms with Crippen LogP contribution < -0.4 is 0 Å². The Balaban J connectivity index is 2.10. The summed E-state index contributed by atoms with van der Waals surface area (Å²) in [6.45, 7) is 4.29. The average molecular weight is 290 g/mol. The highest BCUT2D eigenvalue weighted by atomic mass is 16.8. The highest BCUT2D eigenvalue weighted by Crippen LogP contribution is 2.26. The van der Waals surface area contributed by atoms with Crippen LogP contribution in [0.4, 0.5) is 0 Å². The second kappa shape index (κ2) is 6.98. The van der Waals surface area contributed by atoms with E-state index in [1.807, 2.05) is 0 Å². The molecule has 2 aliphatic rings. The molecule has 20 heavy (non-hydrogen) atoms. The molecular formula is C12H18O8. The van der Waals surface area contributed by atoms with E-state index in [0.717, 1.165) is 0 Å². The molecule has 0 spiro atoms. The third kappa shape index (κ3) is 3.26. The Morgan fingerprint density at radius 3 is 1.65 bits per heavy atom. The van der Waals surface area contributed by atoms with Crippen LogP contribution >= 0.6 is 0 Å². The number of hydrogen-bond donors (Lipinski definition) is 0. The predicted molar refractivity (Wildman–Crippen MR) is 62.5 cm³/mol. The monoisotopic (exact) mass is 290 g/mol. The van der Waals surface area contributed by atoms with E-state index < -0.39 is 36.7 Å². The van der Waals surface area contributed by atoms with Gasteiger partial charge >= 0.3 is 11.9 Å². The van der Waals surface area contributed by atoms with Crippen LogP contribution in [0.1, 0.15) is 13.8 Å². The van der Waals surface area contributed by atoms with Gasteiger partial charge in [0.15, 0.2) is 12.2 Å². The SMILES string of the molecule is CCOC(=O)C1OC2OCCOC2OC1C(=O)OCC. The zero-order valence-corrected chi connectivity index (χ0v) is 11.4. The van der Waals surface area contributed by atoms with E-state index in [2.05, 4.69) is 0 Å². The fraction of sp³-hybridized carbons (Fsp3) is 0.833. The van der Waals surface area contributed by atoms with Gasteiger partial charge in [-0.1, -0.05) is 0 Å². The number of rotatable bonds is 4. The molecule has 2 heterocycles. The summed E-state index contributed by atoms with van der Waals surface area (Å²) >= 11 is 0. The molecule has 8 nitrogen and oxygen atoms in total. The summed E-state index contributed by atoms with van der Waals surface area (Å²) in [6, 6.07) is 0. The summed E-state index contributed by atoms with van der Waals surface area (Å²) in [5, 5.41) is 0. The third-order valence-corrected chi connectivity index (χ3v) is 2.74. The summed E-state index contributed by atoms with van der Waals surface area (Å²) in [5.74, 6) is -1.39. The number of carbonyl (C=O) groups excluding carboxylic acids is 2. The van der Waals surface area contributed by atoms with Crippen LogP contribution in [0.15, 0.2) is 0 Å². The molecule has 0 saturated carbocycles. The number of fused-ring (bicyclic) bond motifs is 1. The molecule has 0 amide bonds. The Kier molecular flexibility index (Phi) is 5.30. The maximum absolute atomic E-state index is 11.9. The first-order valence-corrected chi connectivity index (χ1v) is 6.54. The second-order valence-corrected chi connectivity index (χ2v) is 4.10. The van der Waals surface area contributed by atoms with Crippen LogP contribution in [-0.2, 0) is 38.0 Å². The lowest BCUT2D eigenvalue weighted by Crippen LogP contribution is -2.59. The van der Waals surface area contributed by atoms with Gasteiger partial charge in [-0.3, -0.25) is 0 Å². The molecule has 4 unspecified atom stereocenters. The van der Waals surface area contributed by atoms with Gasteiger partial charge in [-0.2, -0.15) is 0 Å². The van der Waals surface area contributed by atoms with Crippen molar-refractivity contribution < 1.29 is 38.0 Å². The molecule has 0 aromatic heterocycles. The largest absolute Gasteiger partial charge is 0.464 e. The number of hydrogen-bond acceptors (Lipinski definition) is 8. The van der Waals surface area contributed by atoms with E-state index in [-0.39, 0.29) is 13.2 Å². The molecule has 0 radical (unpaired) electrons. The highest BCUT2D eigenvalue weighted by molar-refractivity contribution is 5.85. The maximum atomic E-state index is 11.9. The van der Waals surface area contributed by atoms with Crippen LogP contribution in [0.5, 0.6) is 0 Å². The summed E-state index contributed by atoms with van der Waals surface area (Å²) < 4.78 is 31.2. The summed E-state index contributed by atoms with van der Waals surface area (Å²) in [5.41, 5.74) is 0. The van der Waals surface area contributed by atoms with E-state index in [1.54, 1.807) is 13.8 Å². The van der Waals surface area contributed by atoms with Crippen molar-refractivity contribution in [3.63, 3.8) is 0 Å². The van der Waals surface area contributed by atoms with Gasteiger partial charge in [0.25, 0.3) is 0 Å². The van der Waals surface area contributed by atoms with Gasteiger partial charge < -0.3 is 28.4 Å². The lowest BCUT2D eigenvalue weighted by atomic mass is 10.1. The van der Waals surface area contributed by atoms with E-state index in [9.17, 15) is 9.59 Å². The fourth-order valence-electron chi connectivity index (χ4n) is 1.93. The van der Waals surface area contributed by atoms with Gasteiger partial charge in [-0.15, -0.1) is 0 Å². The van der Waals surface area contributed by atoms with Gasteiger partial charge in [-0.05, 0) is 13.8 Å². The molecule has 4 atom stereocenters. The second-order valence-electron chi connectivity index (χ2n) is 4.10. The van der Waals surface area contributed by atoms with Crippen molar-refractivity contribution in [2.24, 2.45) is 0 Å². The topological polar surface area (TPSA) is 89.5 Å². The Morgan fingerprint density at radius 1 is 0.900 bits per heavy atom. The summed E-state index contributed by atoms with van der Waals surface area (Å²) in [6.07, 6.45) is -4.17. The van der Waals surface area contributed by atoms with Crippen molar-refractivity contribution in [1.82, 2.24) is 0 Å². The normalized spacial score (nSPS) is 33.1. The van der Waals surface area contributed by atoms with Crippen LogP contribution in [-0.4, -0.2) is 63.2 Å². The van der Waals surface area contributed by atoms with E-state index >= 15 is 0 Å². The van der Waals surface area contributed by atoms with Crippen LogP contribution in [0.2, 0.25) is 0 Å². The average Bonchev–Trinajstić information content (AvgIpc) is 2.46. The molecular weight excluding hydrogens is 272 g/mol. The first-order valence-electron chi connectivity index (χ1n) is 6.54. The zero-order valence-electron chi connectivity index (χ0n) is 11.4. The predicted octanol–water partition coefficient (Wildman–Crippen LogP) is -0.404. The van der Waals surface area contributed by atoms with E-state index in [0.29, 0.717) is 13.2 Å². The lowest BCUT2D eigenvalue weighted by Gasteiger charge is -2.40. The Bertz CT molecular complexity index is 323. The fourth-order valence-corrected chi connectivity index (χ4v) is 1.93. The molecule has 114 valence electrons. The van der Waals surface area contributed by atoms with Gasteiger partial charge in [0.05, 0.1) is 26.4 Å². The smallest absolute Gasteiger partial charge is 0.338 e. The van der Waals surface area contributed by atoms with Crippen molar-refractivity contribution in [2.75, 3.05) is 26.4 Å². The number of esters is 2. The molecule has 0 N–H and O–H groups in total. The van der Waals surface area contributed by atoms with Crippen molar-refractivity contribution in [3.05, 3.63) is 0 Å². The first-order chi connectivity index (χ1) is 9.67. The quantitative estimate of drug-likeness (QED) is 0.646. The van der Waals surface area contributed by atoms with Gasteiger partial charge in [0, 0.05) is 0 Å². The molecule has 0 aromatic rings. The zero-order chi connectivity index (χ0) is 14.5. The highest BCUT2D eigenvalue weighted by Gasteiger charge is 2.49. The summed E-state index contributed by atoms with van der Waals surface area (Å²) in [7, 11) is 0. The van der Waals surface area contributed by atoms with E-state index in [1.165, 1.54) is 0 Å². The van der Waals surface area contributed by atoms with Crippen molar-refractivity contribution in [1.29, 1.82) is 0 Å². The lowest BCUT2D eigenvalue weighted by molar-refractivity contribution is -0.377. The molecule has 0 bridgehead atoms. The van der Waals surface area contributed by atoms with Crippen LogP contribution in [0.3, 0.4) is 0 Å². The Hall–Kier alpha value is -1.22. The Morgan fingerprint density at radius 2 is 1.30 bits per heavy atom. The Labute approximate surface area is 116 Å². The minimum Gasteiger partial charge on any atom is -0.464 e. The van der Waals surface area contributed by atoms with Crippen molar-refractivity contribution >= 4 is 11.9 Å². The summed E-state index contributed by atoms with van der Waals surface area (Å²) in [4.78, 5) is 23.7. The van der Waals surface area contributed by atoms with Crippen molar-refractivity contribution in [3.8, 4) is 0 Å². The molecule has 8 heteroatoms. The van der Waals surface area contributed by atoms with Gasteiger partial charge in [-0.25, -0.2) is 9.59 Å². The molecule has 2 fully saturated rings. The molecule has 2 saturated heterocycles. The molecule has 0 aromatic carbocycles. The van der Waals surface area contributed by atoms with Gasteiger partial charge in [0.1, 0.15) is 0 Å². The van der Waals surface area contributed by atoms with Gasteiger partial charge in [0.2, 0.25) is 12.6 Å². The number of ether oxygens (including phenoxy) is 6. The number of carbonyl (C=O) groups is 2. The van der Waals surface area contributed by atoms with Crippen molar-refractivity contribution in [2.45, 2.75) is 38.6 Å². The minimum atomic E-state index is -1.23. The minimum absolute atomic E-state index is 0.166. The van der Waals surface area contributed by atoms with Crippen LogP contribution in [0, 0.1) is 0 Å². The molecule has 2 aliphatic heterocycles. The maximum Gasteiger partial charge on any atom is 0.338 e. The third-order valence-electron chi connectivity index (χ3n) is 2.74. The first kappa shape index (κ1) is 15.2. The van der Waals surface area contributed by atoms with E-state index in [4.69, 9.17) is 28.4 Å². The standard InChI is InChI=1S/C12H18O8/c1-3-15-9(13)7-8(10(14)16-4-2)20-12-11(19-7)17-5-6-18-12/h7-8,11-12H,3-6H2,1-2H3. The van der Waals surface area contributed by atoms with Crippen LogP contribution in [0.25, 0.3) is 0 Å². The molecule has 2 rings (SSSR count).